The molecule has 11 heteroatoms. The molecule has 0 aromatic heterocycles. The predicted octanol–water partition coefficient (Wildman–Crippen LogP) is 2.27. The van der Waals surface area contributed by atoms with Crippen LogP contribution in [0.2, 0.25) is 10.0 Å². The number of esters is 1. The maximum absolute atomic E-state index is 12.7. The molecule has 0 atom stereocenters. The van der Waals surface area contributed by atoms with Crippen molar-refractivity contribution in [3.05, 3.63) is 58.1 Å². The molecule has 0 aliphatic carbocycles. The van der Waals surface area contributed by atoms with Crippen molar-refractivity contribution in [3.8, 4) is 0 Å². The molecule has 1 aliphatic rings. The number of nitrogens with two attached hydrogens (primary N) is 1. The minimum atomic E-state index is -3.67. The van der Waals surface area contributed by atoms with Gasteiger partial charge in [-0.2, -0.15) is 4.31 Å². The lowest BCUT2D eigenvalue weighted by Crippen LogP contribution is -2.51. The Morgan fingerprint density at radius 2 is 1.57 bits per heavy atom. The van der Waals surface area contributed by atoms with Crippen LogP contribution < -0.4 is 5.73 Å². The summed E-state index contributed by atoms with van der Waals surface area (Å²) >= 11 is 11.6. The number of hydrogen-bond acceptors (Lipinski definition) is 6. The molecule has 160 valence electrons. The normalized spacial score (nSPS) is 15.1. The van der Waals surface area contributed by atoms with Crippen LogP contribution in [0.4, 0.5) is 5.69 Å². The number of halogens is 2. The van der Waals surface area contributed by atoms with Crippen LogP contribution in [0.15, 0.2) is 47.4 Å². The van der Waals surface area contributed by atoms with Crippen LogP contribution in [0.25, 0.3) is 0 Å². The Balaban J connectivity index is 1.54. The average Bonchev–Trinajstić information content (AvgIpc) is 2.72. The number of benzene rings is 2. The van der Waals surface area contributed by atoms with Crippen molar-refractivity contribution in [3.63, 3.8) is 0 Å². The quantitative estimate of drug-likeness (QED) is 0.528. The van der Waals surface area contributed by atoms with E-state index in [0.29, 0.717) is 10.0 Å². The molecule has 0 radical (unpaired) electrons. The van der Waals surface area contributed by atoms with E-state index < -0.39 is 28.5 Å². The molecule has 2 aromatic rings. The molecule has 0 spiro atoms. The fourth-order valence-corrected chi connectivity index (χ4v) is 4.68. The number of hydrogen-bond donors (Lipinski definition) is 1. The van der Waals surface area contributed by atoms with Gasteiger partial charge in [-0.3, -0.25) is 4.79 Å². The molecule has 1 heterocycles. The van der Waals surface area contributed by atoms with Crippen LogP contribution in [-0.4, -0.2) is 62.3 Å². The van der Waals surface area contributed by atoms with Gasteiger partial charge in [0.2, 0.25) is 10.0 Å². The van der Waals surface area contributed by atoms with Crippen LogP contribution in [0, 0.1) is 0 Å². The molecule has 1 saturated heterocycles. The van der Waals surface area contributed by atoms with E-state index in [0.717, 1.165) is 0 Å². The van der Waals surface area contributed by atoms with Gasteiger partial charge in [-0.15, -0.1) is 0 Å². The molecule has 1 fully saturated rings. The van der Waals surface area contributed by atoms with Crippen molar-refractivity contribution in [1.82, 2.24) is 9.21 Å². The number of sulfonamides is 1. The van der Waals surface area contributed by atoms with E-state index in [4.69, 9.17) is 33.7 Å². The van der Waals surface area contributed by atoms with Crippen LogP contribution in [0.3, 0.4) is 0 Å². The van der Waals surface area contributed by atoms with E-state index in [-0.39, 0.29) is 42.3 Å². The number of carbonyl (C=O) groups is 2. The van der Waals surface area contributed by atoms with Crippen LogP contribution in [0.1, 0.15) is 10.4 Å². The molecule has 3 rings (SSSR count). The van der Waals surface area contributed by atoms with E-state index in [9.17, 15) is 18.0 Å². The first-order chi connectivity index (χ1) is 14.2. The Morgan fingerprint density at radius 3 is 2.17 bits per heavy atom. The van der Waals surface area contributed by atoms with Gasteiger partial charge in [0.15, 0.2) is 6.61 Å². The summed E-state index contributed by atoms with van der Waals surface area (Å²) in [6.45, 7) is 0.174. The zero-order chi connectivity index (χ0) is 21.9. The first-order valence-corrected chi connectivity index (χ1v) is 11.1. The van der Waals surface area contributed by atoms with E-state index >= 15 is 0 Å². The number of piperazine rings is 1. The summed E-state index contributed by atoms with van der Waals surface area (Å²) in [5.74, 6) is -1.15. The van der Waals surface area contributed by atoms with Crippen molar-refractivity contribution in [2.24, 2.45) is 0 Å². The number of amides is 1. The van der Waals surface area contributed by atoms with Gasteiger partial charge in [-0.25, -0.2) is 13.2 Å². The summed E-state index contributed by atoms with van der Waals surface area (Å²) in [7, 11) is -3.67. The van der Waals surface area contributed by atoms with Crippen molar-refractivity contribution in [1.29, 1.82) is 0 Å². The summed E-state index contributed by atoms with van der Waals surface area (Å²) in [5, 5.41) is 0.825. The first-order valence-electron chi connectivity index (χ1n) is 8.94. The molecule has 2 N–H and O–H groups in total. The molecule has 30 heavy (non-hydrogen) atoms. The number of nitrogen functional groups attached to an aromatic ring is 1. The Bertz CT molecular complexity index is 1050. The second kappa shape index (κ2) is 9.22. The van der Waals surface area contributed by atoms with Crippen LogP contribution in [0.5, 0.6) is 0 Å². The molecule has 8 nitrogen and oxygen atoms in total. The molecular weight excluding hydrogens is 453 g/mol. The highest BCUT2D eigenvalue weighted by Crippen LogP contribution is 2.21. The van der Waals surface area contributed by atoms with Gasteiger partial charge in [0.25, 0.3) is 5.91 Å². The van der Waals surface area contributed by atoms with Crippen LogP contribution >= 0.6 is 23.2 Å². The topological polar surface area (TPSA) is 110 Å². The summed E-state index contributed by atoms with van der Waals surface area (Å²) in [6.07, 6.45) is 0. The molecule has 1 aliphatic heterocycles. The Hall–Kier alpha value is -2.33. The van der Waals surface area contributed by atoms with Gasteiger partial charge in [0.05, 0.1) is 10.5 Å². The summed E-state index contributed by atoms with van der Waals surface area (Å²) in [4.78, 5) is 26.1. The highest BCUT2D eigenvalue weighted by Gasteiger charge is 2.30. The van der Waals surface area contributed by atoms with Gasteiger partial charge in [0.1, 0.15) is 0 Å². The predicted molar refractivity (Wildman–Crippen MR) is 113 cm³/mol. The zero-order valence-corrected chi connectivity index (χ0v) is 18.1. The van der Waals surface area contributed by atoms with Gasteiger partial charge in [0, 0.05) is 41.9 Å². The van der Waals surface area contributed by atoms with Gasteiger partial charge in [-0.1, -0.05) is 23.2 Å². The number of nitrogens with zero attached hydrogens (tertiary/aromatic N) is 2. The first kappa shape index (κ1) is 22.4. The summed E-state index contributed by atoms with van der Waals surface area (Å²) in [5.41, 5.74) is 6.00. The average molecular weight is 472 g/mol. The van der Waals surface area contributed by atoms with E-state index in [2.05, 4.69) is 0 Å². The smallest absolute Gasteiger partial charge is 0.340 e. The largest absolute Gasteiger partial charge is 0.452 e. The maximum atomic E-state index is 12.7. The molecule has 2 aromatic carbocycles. The molecule has 0 unspecified atom stereocenters. The van der Waals surface area contributed by atoms with Crippen molar-refractivity contribution < 1.29 is 22.7 Å². The van der Waals surface area contributed by atoms with Crippen LogP contribution in [-0.2, 0) is 19.6 Å². The lowest BCUT2D eigenvalue weighted by molar-refractivity contribution is -0.135. The Morgan fingerprint density at radius 1 is 0.967 bits per heavy atom. The second-order valence-electron chi connectivity index (χ2n) is 6.55. The standard InChI is InChI=1S/C19H19Cl2N3O5S/c20-13-1-4-15(5-2-13)30(27,28)24-9-7-23(8-10-24)18(25)12-29-19(26)16-6-3-14(21)11-17(16)22/h1-6,11H,7-10,12,22H2. The fraction of sp³-hybridized carbons (Fsp3) is 0.263. The van der Waals surface area contributed by atoms with Gasteiger partial charge < -0.3 is 15.4 Å². The lowest BCUT2D eigenvalue weighted by atomic mass is 10.2. The minimum Gasteiger partial charge on any atom is -0.452 e. The SMILES string of the molecule is Nc1cc(Cl)ccc1C(=O)OCC(=O)N1CCN(S(=O)(=O)c2ccc(Cl)cc2)CC1. The van der Waals surface area contributed by atoms with E-state index in [1.165, 1.54) is 51.7 Å². The third kappa shape index (κ3) is 5.04. The number of anilines is 1. The molecule has 0 bridgehead atoms. The fourth-order valence-electron chi connectivity index (χ4n) is 2.95. The van der Waals surface area contributed by atoms with E-state index in [1.807, 2.05) is 0 Å². The minimum absolute atomic E-state index is 0.117. The second-order valence-corrected chi connectivity index (χ2v) is 9.36. The summed E-state index contributed by atoms with van der Waals surface area (Å²) in [6, 6.07) is 10.2. The monoisotopic (exact) mass is 471 g/mol. The highest BCUT2D eigenvalue weighted by atomic mass is 35.5. The van der Waals surface area contributed by atoms with Gasteiger partial charge >= 0.3 is 5.97 Å². The lowest BCUT2D eigenvalue weighted by Gasteiger charge is -2.33. The maximum Gasteiger partial charge on any atom is 0.340 e. The van der Waals surface area contributed by atoms with Gasteiger partial charge in [-0.05, 0) is 42.5 Å². The Labute approximate surface area is 184 Å². The number of ether oxygens (including phenoxy) is 1. The molecule has 0 saturated carbocycles. The van der Waals surface area contributed by atoms with Crippen molar-refractivity contribution in [2.75, 3.05) is 38.5 Å². The molecular formula is C19H19Cl2N3O5S. The van der Waals surface area contributed by atoms with Crippen molar-refractivity contribution in [2.45, 2.75) is 4.90 Å². The van der Waals surface area contributed by atoms with Crippen molar-refractivity contribution >= 4 is 50.8 Å². The third-order valence-electron chi connectivity index (χ3n) is 4.60. The highest BCUT2D eigenvalue weighted by molar-refractivity contribution is 7.89. The number of carbonyl (C=O) groups excluding carboxylic acids is 2. The molecule has 1 amide bonds. The Kier molecular flexibility index (Phi) is 6.87. The van der Waals surface area contributed by atoms with E-state index in [1.54, 1.807) is 0 Å². The summed E-state index contributed by atoms with van der Waals surface area (Å²) < 4.78 is 31.7. The zero-order valence-electron chi connectivity index (χ0n) is 15.8. The third-order valence-corrected chi connectivity index (χ3v) is 7.00. The number of rotatable bonds is 5.